The standard InChI is InChI=1S/2C7H16N.CH3.In/c1-5-6-8(4)7(2)3;1-4-6-8(3)7-5-2;;/h7H,1,5-6H2,2-4H3;1,4-7H2,2-3H3;1H3;. The zero-order chi connectivity index (χ0) is 14.0. The van der Waals surface area contributed by atoms with E-state index in [2.05, 4.69) is 49.3 Å². The van der Waals surface area contributed by atoms with Gasteiger partial charge in [0.15, 0.2) is 0 Å². The summed E-state index contributed by atoms with van der Waals surface area (Å²) < 4.78 is 5.81. The molecule has 0 fully saturated rings. The first-order valence-corrected chi connectivity index (χ1v) is 15.8. The fourth-order valence-corrected chi connectivity index (χ4v) is 8.14. The maximum absolute atomic E-state index is 2.62. The Morgan fingerprint density at radius 3 is 2.00 bits per heavy atom. The van der Waals surface area contributed by atoms with Crippen LogP contribution in [0.15, 0.2) is 0 Å². The van der Waals surface area contributed by atoms with E-state index in [-0.39, 0.29) is 0 Å². The molecule has 0 heterocycles. The molecule has 0 radical (unpaired) electrons. The molecular weight excluding hydrogens is 323 g/mol. The topological polar surface area (TPSA) is 6.48 Å². The van der Waals surface area contributed by atoms with Crippen LogP contribution < -0.4 is 0 Å². The van der Waals surface area contributed by atoms with Crippen molar-refractivity contribution >= 4 is 21.4 Å². The van der Waals surface area contributed by atoms with Gasteiger partial charge in [0.1, 0.15) is 0 Å². The van der Waals surface area contributed by atoms with Gasteiger partial charge in [0.25, 0.3) is 0 Å². The Hall–Kier alpha value is 0.790. The van der Waals surface area contributed by atoms with Crippen molar-refractivity contribution in [3.63, 3.8) is 0 Å². The molecule has 0 amide bonds. The molecular formula is C15H35InN2. The van der Waals surface area contributed by atoms with Gasteiger partial charge in [-0.2, -0.15) is 0 Å². The number of nitrogens with zero attached hydrogens (tertiary/aromatic N) is 2. The van der Waals surface area contributed by atoms with Gasteiger partial charge in [-0.25, -0.2) is 0 Å². The zero-order valence-corrected chi connectivity index (χ0v) is 17.0. The van der Waals surface area contributed by atoms with Crippen LogP contribution in [0.1, 0.15) is 40.0 Å². The van der Waals surface area contributed by atoms with Gasteiger partial charge >= 0.3 is 124 Å². The molecule has 18 heavy (non-hydrogen) atoms. The molecule has 0 aromatic carbocycles. The molecule has 0 bridgehead atoms. The normalized spacial score (nSPS) is 11.8. The Morgan fingerprint density at radius 1 is 0.944 bits per heavy atom. The summed E-state index contributed by atoms with van der Waals surface area (Å²) in [6.45, 7) is 10.7. The minimum atomic E-state index is -1.10. The van der Waals surface area contributed by atoms with Crippen LogP contribution in [0.25, 0.3) is 0 Å². The summed E-state index contributed by atoms with van der Waals surface area (Å²) in [7, 11) is 4.52. The van der Waals surface area contributed by atoms with Crippen LogP contribution in [0.3, 0.4) is 0 Å². The first kappa shape index (κ1) is 18.8. The Morgan fingerprint density at radius 2 is 1.50 bits per heavy atom. The molecule has 0 spiro atoms. The maximum atomic E-state index is 2.62. The van der Waals surface area contributed by atoms with Crippen LogP contribution in [0, 0.1) is 0 Å². The summed E-state index contributed by atoms with van der Waals surface area (Å²) in [6, 6.07) is 0.707. The Bertz CT molecular complexity index is 185. The Balaban J connectivity index is 3.45. The summed E-state index contributed by atoms with van der Waals surface area (Å²) in [6.07, 6.45) is 4.18. The fourth-order valence-electron chi connectivity index (χ4n) is 2.29. The van der Waals surface area contributed by atoms with E-state index < -0.39 is 21.4 Å². The summed E-state index contributed by atoms with van der Waals surface area (Å²) in [5.74, 6) is 0. The third-order valence-electron chi connectivity index (χ3n) is 3.93. The number of hydrogen-bond acceptors (Lipinski definition) is 2. The molecule has 0 N–H and O–H groups in total. The summed E-state index contributed by atoms with van der Waals surface area (Å²) in [5, 5.41) is 0. The van der Waals surface area contributed by atoms with E-state index in [4.69, 9.17) is 0 Å². The Labute approximate surface area is 124 Å². The molecule has 3 heteroatoms. The first-order chi connectivity index (χ1) is 8.47. The van der Waals surface area contributed by atoms with Crippen molar-refractivity contribution in [1.82, 2.24) is 9.80 Å². The molecule has 0 aromatic rings. The van der Waals surface area contributed by atoms with E-state index >= 15 is 0 Å². The van der Waals surface area contributed by atoms with E-state index in [1.54, 1.807) is 8.35 Å². The first-order valence-electron chi connectivity index (χ1n) is 7.86. The van der Waals surface area contributed by atoms with Crippen LogP contribution in [-0.4, -0.2) is 71.0 Å². The van der Waals surface area contributed by atoms with E-state index in [1.165, 1.54) is 38.9 Å². The third kappa shape index (κ3) is 10.7. The minimum absolute atomic E-state index is 0.707. The van der Waals surface area contributed by atoms with Crippen molar-refractivity contribution in [2.45, 2.75) is 59.1 Å². The zero-order valence-electron chi connectivity index (χ0n) is 13.7. The van der Waals surface area contributed by atoms with Crippen LogP contribution in [0.2, 0.25) is 13.0 Å². The fraction of sp³-hybridized carbons (Fsp3) is 1.00. The summed E-state index contributed by atoms with van der Waals surface area (Å²) in [4.78, 5) is 4.97. The quantitative estimate of drug-likeness (QED) is 0.557. The van der Waals surface area contributed by atoms with E-state index in [0.717, 1.165) is 0 Å². The number of rotatable bonds is 11. The molecule has 0 unspecified atom stereocenters. The van der Waals surface area contributed by atoms with Gasteiger partial charge in [0.05, 0.1) is 0 Å². The predicted octanol–water partition coefficient (Wildman–Crippen LogP) is 3.57. The molecule has 108 valence electrons. The number of hydrogen-bond donors (Lipinski definition) is 0. The molecule has 0 aliphatic rings. The average molecular weight is 358 g/mol. The van der Waals surface area contributed by atoms with Gasteiger partial charge in [-0.05, 0) is 0 Å². The summed E-state index contributed by atoms with van der Waals surface area (Å²) in [5.41, 5.74) is 0. The van der Waals surface area contributed by atoms with Crippen LogP contribution in [0.5, 0.6) is 0 Å². The Kier molecular flexibility index (Phi) is 12.1. The molecule has 0 aliphatic carbocycles. The van der Waals surface area contributed by atoms with Crippen LogP contribution in [0.4, 0.5) is 0 Å². The van der Waals surface area contributed by atoms with E-state index in [0.29, 0.717) is 6.04 Å². The van der Waals surface area contributed by atoms with E-state index in [9.17, 15) is 0 Å². The van der Waals surface area contributed by atoms with Gasteiger partial charge < -0.3 is 0 Å². The molecule has 0 aromatic heterocycles. The summed E-state index contributed by atoms with van der Waals surface area (Å²) >= 11 is -1.10. The molecule has 0 rings (SSSR count). The van der Waals surface area contributed by atoms with Crippen molar-refractivity contribution in [3.05, 3.63) is 0 Å². The van der Waals surface area contributed by atoms with Gasteiger partial charge in [-0.3, -0.25) is 0 Å². The van der Waals surface area contributed by atoms with Crippen molar-refractivity contribution in [1.29, 1.82) is 0 Å². The molecule has 0 saturated carbocycles. The average Bonchev–Trinajstić information content (AvgIpc) is 2.29. The van der Waals surface area contributed by atoms with Crippen molar-refractivity contribution in [3.8, 4) is 0 Å². The molecule has 0 aliphatic heterocycles. The van der Waals surface area contributed by atoms with Crippen LogP contribution in [-0.2, 0) is 0 Å². The van der Waals surface area contributed by atoms with Gasteiger partial charge in [-0.1, -0.05) is 0 Å². The SMILES string of the molecule is CCCN(C)CC[CH2][In]([CH3])[CH2]CCN(C)C(C)C. The van der Waals surface area contributed by atoms with Crippen molar-refractivity contribution in [2.75, 3.05) is 33.7 Å². The predicted molar refractivity (Wildman–Crippen MR) is 86.0 cm³/mol. The van der Waals surface area contributed by atoms with Crippen molar-refractivity contribution in [2.24, 2.45) is 0 Å². The second kappa shape index (κ2) is 11.6. The van der Waals surface area contributed by atoms with Crippen molar-refractivity contribution < 1.29 is 0 Å². The molecule has 0 saturated heterocycles. The second-order valence-corrected chi connectivity index (χ2v) is 15.9. The third-order valence-corrected chi connectivity index (χ3v) is 11.9. The molecule has 2 nitrogen and oxygen atoms in total. The van der Waals surface area contributed by atoms with Gasteiger partial charge in [0.2, 0.25) is 0 Å². The van der Waals surface area contributed by atoms with E-state index in [1.807, 2.05) is 0 Å². The monoisotopic (exact) mass is 358 g/mol. The van der Waals surface area contributed by atoms with Crippen LogP contribution >= 0.6 is 0 Å². The second-order valence-electron chi connectivity index (χ2n) is 6.27. The molecule has 0 atom stereocenters. The van der Waals surface area contributed by atoms with Gasteiger partial charge in [0, 0.05) is 0 Å². The van der Waals surface area contributed by atoms with Gasteiger partial charge in [-0.15, -0.1) is 0 Å².